The fourth-order valence-corrected chi connectivity index (χ4v) is 3.57. The highest BCUT2D eigenvalue weighted by molar-refractivity contribution is 5.82. The lowest BCUT2D eigenvalue weighted by atomic mass is 9.99. The molecule has 1 N–H and O–H groups in total. The van der Waals surface area contributed by atoms with Crippen LogP contribution in [0.25, 0.3) is 0 Å². The molecule has 0 saturated carbocycles. The lowest BCUT2D eigenvalue weighted by Gasteiger charge is -2.30. The van der Waals surface area contributed by atoms with E-state index in [0.29, 0.717) is 18.6 Å². The quantitative estimate of drug-likeness (QED) is 0.313. The van der Waals surface area contributed by atoms with Crippen LogP contribution in [0.3, 0.4) is 0 Å². The van der Waals surface area contributed by atoms with Gasteiger partial charge in [-0.3, -0.25) is 14.7 Å². The fraction of sp³-hybridized carbons (Fsp3) is 0.895. The lowest BCUT2D eigenvalue weighted by Crippen LogP contribution is -2.41. The van der Waals surface area contributed by atoms with Crippen molar-refractivity contribution in [3.8, 4) is 0 Å². The fourth-order valence-electron chi connectivity index (χ4n) is 3.57. The second-order valence-electron chi connectivity index (χ2n) is 7.53. The Labute approximate surface area is 154 Å². The number of nitrogens with zero attached hydrogens (tertiary/aromatic N) is 3. The van der Waals surface area contributed by atoms with Gasteiger partial charge in [0.1, 0.15) is 0 Å². The molecule has 0 spiro atoms. The molecule has 1 aliphatic rings. The Morgan fingerprint density at radius 2 is 1.92 bits per heavy atom. The van der Waals surface area contributed by atoms with E-state index in [1.165, 1.54) is 7.11 Å². The van der Waals surface area contributed by atoms with E-state index in [2.05, 4.69) is 56.7 Å². The van der Waals surface area contributed by atoms with Crippen LogP contribution in [0.5, 0.6) is 0 Å². The molecule has 0 amide bonds. The molecule has 0 aliphatic carbocycles. The van der Waals surface area contributed by atoms with Crippen molar-refractivity contribution in [3.63, 3.8) is 0 Å². The minimum Gasteiger partial charge on any atom is -0.469 e. The van der Waals surface area contributed by atoms with Gasteiger partial charge in [0.2, 0.25) is 0 Å². The number of ether oxygens (including phenoxy) is 1. The van der Waals surface area contributed by atoms with Gasteiger partial charge in [-0.15, -0.1) is 0 Å². The van der Waals surface area contributed by atoms with Crippen LogP contribution in [-0.2, 0) is 9.53 Å². The van der Waals surface area contributed by atoms with E-state index >= 15 is 0 Å². The van der Waals surface area contributed by atoms with Gasteiger partial charge in [0.05, 0.1) is 13.0 Å². The normalized spacial score (nSPS) is 21.5. The molecule has 6 heteroatoms. The SMILES string of the molecule is CCNC(=NCCCN(C(C)C)C(C)C)N1CC(C)C(C(=O)OC)C1. The number of hydrogen-bond donors (Lipinski definition) is 1. The number of carbonyl (C=O) groups is 1. The van der Waals surface area contributed by atoms with Gasteiger partial charge in [-0.1, -0.05) is 6.92 Å². The van der Waals surface area contributed by atoms with Gasteiger partial charge in [-0.25, -0.2) is 0 Å². The molecule has 2 atom stereocenters. The Hall–Kier alpha value is -1.30. The average Bonchev–Trinajstić information content (AvgIpc) is 2.93. The molecule has 1 saturated heterocycles. The molecular formula is C19H38N4O2. The third-order valence-electron chi connectivity index (χ3n) is 4.91. The highest BCUT2D eigenvalue weighted by Crippen LogP contribution is 2.24. The van der Waals surface area contributed by atoms with Gasteiger partial charge in [0.15, 0.2) is 5.96 Å². The van der Waals surface area contributed by atoms with E-state index < -0.39 is 0 Å². The molecule has 0 aromatic carbocycles. The summed E-state index contributed by atoms with van der Waals surface area (Å²) in [6, 6.07) is 1.11. The van der Waals surface area contributed by atoms with Crippen LogP contribution in [0.2, 0.25) is 0 Å². The summed E-state index contributed by atoms with van der Waals surface area (Å²) in [6.07, 6.45) is 1.04. The molecule has 1 fully saturated rings. The van der Waals surface area contributed by atoms with E-state index in [9.17, 15) is 4.79 Å². The lowest BCUT2D eigenvalue weighted by molar-refractivity contribution is -0.145. The van der Waals surface area contributed by atoms with Gasteiger partial charge in [-0.2, -0.15) is 0 Å². The van der Waals surface area contributed by atoms with Crippen molar-refractivity contribution >= 4 is 11.9 Å². The van der Waals surface area contributed by atoms with Crippen LogP contribution < -0.4 is 5.32 Å². The van der Waals surface area contributed by atoms with Crippen molar-refractivity contribution in [2.75, 3.05) is 39.8 Å². The van der Waals surface area contributed by atoms with Gasteiger partial charge >= 0.3 is 5.97 Å². The topological polar surface area (TPSA) is 57.2 Å². The molecule has 6 nitrogen and oxygen atoms in total. The maximum Gasteiger partial charge on any atom is 0.310 e. The molecule has 1 rings (SSSR count). The van der Waals surface area contributed by atoms with Crippen LogP contribution in [-0.4, -0.2) is 73.6 Å². The second-order valence-corrected chi connectivity index (χ2v) is 7.53. The maximum absolute atomic E-state index is 11.9. The summed E-state index contributed by atoms with van der Waals surface area (Å²) >= 11 is 0. The number of likely N-dealkylation sites (tertiary alicyclic amines) is 1. The molecule has 2 unspecified atom stereocenters. The summed E-state index contributed by atoms with van der Waals surface area (Å²) in [5.41, 5.74) is 0. The molecule has 1 aliphatic heterocycles. The third-order valence-corrected chi connectivity index (χ3v) is 4.91. The van der Waals surface area contributed by atoms with Gasteiger partial charge in [0.25, 0.3) is 0 Å². The van der Waals surface area contributed by atoms with Gasteiger partial charge in [-0.05, 0) is 47.0 Å². The Morgan fingerprint density at radius 1 is 1.28 bits per heavy atom. The van der Waals surface area contributed by atoms with E-state index in [1.807, 2.05) is 0 Å². The van der Waals surface area contributed by atoms with E-state index in [1.54, 1.807) is 0 Å². The Morgan fingerprint density at radius 3 is 2.44 bits per heavy atom. The largest absolute Gasteiger partial charge is 0.469 e. The summed E-state index contributed by atoms with van der Waals surface area (Å²) in [6.45, 7) is 17.4. The van der Waals surface area contributed by atoms with E-state index in [-0.39, 0.29) is 17.8 Å². The van der Waals surface area contributed by atoms with Crippen molar-refractivity contribution in [2.45, 2.75) is 60.0 Å². The van der Waals surface area contributed by atoms with Crippen molar-refractivity contribution in [1.82, 2.24) is 15.1 Å². The summed E-state index contributed by atoms with van der Waals surface area (Å²) in [5, 5.41) is 3.37. The predicted octanol–water partition coefficient (Wildman–Crippen LogP) is 2.20. The van der Waals surface area contributed by atoms with Crippen LogP contribution in [0, 0.1) is 11.8 Å². The summed E-state index contributed by atoms with van der Waals surface area (Å²) in [4.78, 5) is 21.4. The van der Waals surface area contributed by atoms with Crippen molar-refractivity contribution in [3.05, 3.63) is 0 Å². The highest BCUT2D eigenvalue weighted by Gasteiger charge is 2.36. The first-order chi connectivity index (χ1) is 11.8. The number of rotatable bonds is 8. The first kappa shape index (κ1) is 21.7. The number of esters is 1. The Bertz CT molecular complexity index is 429. The number of guanidine groups is 1. The number of aliphatic imine (C=N–C) groups is 1. The van der Waals surface area contributed by atoms with Gasteiger partial charge < -0.3 is 15.0 Å². The van der Waals surface area contributed by atoms with Crippen LogP contribution in [0.4, 0.5) is 0 Å². The predicted molar refractivity (Wildman–Crippen MR) is 104 cm³/mol. The summed E-state index contributed by atoms with van der Waals surface area (Å²) in [5.74, 6) is 1.02. The molecule has 0 aromatic heterocycles. The standard InChI is InChI=1S/C19H38N4O2/c1-8-20-19(21-10-9-11-23(14(2)3)15(4)5)22-12-16(6)17(13-22)18(24)25-7/h14-17H,8-13H2,1-7H3,(H,20,21). The average molecular weight is 355 g/mol. The second kappa shape index (κ2) is 10.6. The van der Waals surface area contributed by atoms with E-state index in [0.717, 1.165) is 38.6 Å². The molecular weight excluding hydrogens is 316 g/mol. The van der Waals surface area contributed by atoms with Crippen molar-refractivity contribution < 1.29 is 9.53 Å². The number of carbonyl (C=O) groups excluding carboxylic acids is 1. The minimum atomic E-state index is -0.115. The number of nitrogens with one attached hydrogen (secondary N) is 1. The molecule has 0 radical (unpaired) electrons. The van der Waals surface area contributed by atoms with Crippen LogP contribution in [0.15, 0.2) is 4.99 Å². The highest BCUT2D eigenvalue weighted by atomic mass is 16.5. The Balaban J connectivity index is 2.61. The monoisotopic (exact) mass is 354 g/mol. The van der Waals surface area contributed by atoms with Gasteiger partial charge in [0, 0.05) is 44.8 Å². The summed E-state index contributed by atoms with van der Waals surface area (Å²) < 4.78 is 4.93. The van der Waals surface area contributed by atoms with Crippen LogP contribution in [0.1, 0.15) is 48.0 Å². The third kappa shape index (κ3) is 6.49. The maximum atomic E-state index is 11.9. The Kier molecular flexibility index (Phi) is 9.25. The summed E-state index contributed by atoms with van der Waals surface area (Å²) in [7, 11) is 1.46. The zero-order chi connectivity index (χ0) is 19.0. The number of methoxy groups -OCH3 is 1. The molecule has 1 heterocycles. The first-order valence-corrected chi connectivity index (χ1v) is 9.68. The molecule has 25 heavy (non-hydrogen) atoms. The molecule has 146 valence electrons. The zero-order valence-electron chi connectivity index (χ0n) is 17.2. The zero-order valence-corrected chi connectivity index (χ0v) is 17.2. The first-order valence-electron chi connectivity index (χ1n) is 9.68. The van der Waals surface area contributed by atoms with Crippen molar-refractivity contribution in [1.29, 1.82) is 0 Å². The molecule has 0 bridgehead atoms. The smallest absolute Gasteiger partial charge is 0.310 e. The minimum absolute atomic E-state index is 0.0637. The van der Waals surface area contributed by atoms with E-state index in [4.69, 9.17) is 9.73 Å². The van der Waals surface area contributed by atoms with Crippen LogP contribution >= 0.6 is 0 Å². The van der Waals surface area contributed by atoms with Crippen molar-refractivity contribution in [2.24, 2.45) is 16.8 Å². The number of hydrogen-bond acceptors (Lipinski definition) is 4. The molecule has 0 aromatic rings.